The number of carbonyl (C=O) groups is 2. The molecule has 8 heteroatoms. The number of benzene rings is 1. The Morgan fingerprint density at radius 2 is 2.07 bits per heavy atom. The van der Waals surface area contributed by atoms with E-state index in [0.29, 0.717) is 42.0 Å². The maximum atomic E-state index is 13.5. The first kappa shape index (κ1) is 19.1. The van der Waals surface area contributed by atoms with Gasteiger partial charge in [-0.05, 0) is 13.0 Å². The number of hydrogen-bond donors (Lipinski definition) is 1. The van der Waals surface area contributed by atoms with Gasteiger partial charge in [0.05, 0.1) is 48.5 Å². The van der Waals surface area contributed by atoms with Crippen molar-refractivity contribution in [2.75, 3.05) is 19.8 Å². The van der Waals surface area contributed by atoms with Gasteiger partial charge in [0.15, 0.2) is 5.65 Å². The largest absolute Gasteiger partial charge is 0.481 e. The third kappa shape index (κ3) is 3.71. The van der Waals surface area contributed by atoms with Gasteiger partial charge in [0.25, 0.3) is 5.91 Å². The highest BCUT2D eigenvalue weighted by atomic mass is 16.5. The highest BCUT2D eigenvalue weighted by Crippen LogP contribution is 2.27. The molecule has 1 aliphatic heterocycles. The fourth-order valence-electron chi connectivity index (χ4n) is 3.66. The van der Waals surface area contributed by atoms with Gasteiger partial charge in [-0.25, -0.2) is 9.67 Å². The summed E-state index contributed by atoms with van der Waals surface area (Å²) >= 11 is 0. The molecule has 1 unspecified atom stereocenters. The van der Waals surface area contributed by atoms with Crippen LogP contribution in [0.1, 0.15) is 23.7 Å². The number of aliphatic carboxylic acids is 1. The summed E-state index contributed by atoms with van der Waals surface area (Å²) in [6, 6.07) is 10.9. The molecular weight excluding hydrogens is 372 g/mol. The van der Waals surface area contributed by atoms with E-state index < -0.39 is 12.0 Å². The van der Waals surface area contributed by atoms with Crippen LogP contribution >= 0.6 is 0 Å². The summed E-state index contributed by atoms with van der Waals surface area (Å²) in [6.45, 7) is 3.54. The number of carboxylic acid groups (broad SMARTS) is 1. The number of ether oxygens (including phenoxy) is 1. The zero-order valence-corrected chi connectivity index (χ0v) is 16.1. The average molecular weight is 394 g/mol. The first-order chi connectivity index (χ1) is 14.1. The number of fused-ring (bicyclic) bond motifs is 1. The summed E-state index contributed by atoms with van der Waals surface area (Å²) in [6.07, 6.45) is 1.50. The van der Waals surface area contributed by atoms with Gasteiger partial charge in [0.1, 0.15) is 0 Å². The second-order valence-corrected chi connectivity index (χ2v) is 6.94. The molecule has 1 aromatic carbocycles. The van der Waals surface area contributed by atoms with Crippen molar-refractivity contribution in [3.05, 3.63) is 48.2 Å². The molecule has 3 aromatic rings. The van der Waals surface area contributed by atoms with Crippen molar-refractivity contribution >= 4 is 22.9 Å². The van der Waals surface area contributed by atoms with Crippen LogP contribution in [-0.4, -0.2) is 62.4 Å². The fraction of sp³-hybridized carbons (Fsp3) is 0.333. The Balaban J connectivity index is 1.82. The second-order valence-electron chi connectivity index (χ2n) is 6.94. The Labute approximate surface area is 167 Å². The summed E-state index contributed by atoms with van der Waals surface area (Å²) in [5.41, 5.74) is 2.70. The van der Waals surface area contributed by atoms with Gasteiger partial charge in [-0.1, -0.05) is 30.3 Å². The molecule has 0 radical (unpaired) electrons. The molecule has 1 fully saturated rings. The molecule has 29 heavy (non-hydrogen) atoms. The van der Waals surface area contributed by atoms with Gasteiger partial charge in [-0.2, -0.15) is 5.10 Å². The van der Waals surface area contributed by atoms with Crippen molar-refractivity contribution in [3.8, 4) is 11.3 Å². The number of carbonyl (C=O) groups excluding carboxylic acids is 1. The first-order valence-corrected chi connectivity index (χ1v) is 9.61. The SMILES string of the molecule is CCn1ncc2c(C(=O)N3CCOCC3CC(=O)O)cc(-c3ccccc3)nc21. The molecule has 1 aliphatic rings. The zero-order chi connectivity index (χ0) is 20.4. The van der Waals surface area contributed by atoms with Gasteiger partial charge in [0.2, 0.25) is 0 Å². The molecule has 0 saturated carbocycles. The topological polar surface area (TPSA) is 97.6 Å². The molecule has 8 nitrogen and oxygen atoms in total. The number of pyridine rings is 1. The summed E-state index contributed by atoms with van der Waals surface area (Å²) in [5, 5.41) is 14.3. The summed E-state index contributed by atoms with van der Waals surface area (Å²) in [7, 11) is 0. The minimum atomic E-state index is -0.957. The number of morpholine rings is 1. The number of aryl methyl sites for hydroxylation is 1. The average Bonchev–Trinajstić information content (AvgIpc) is 3.16. The van der Waals surface area contributed by atoms with Crippen LogP contribution in [0.4, 0.5) is 0 Å². The van der Waals surface area contributed by atoms with Crippen LogP contribution in [0.25, 0.3) is 22.3 Å². The quantitative estimate of drug-likeness (QED) is 0.714. The molecule has 0 aliphatic carbocycles. The van der Waals surface area contributed by atoms with Crippen molar-refractivity contribution < 1.29 is 19.4 Å². The highest BCUT2D eigenvalue weighted by molar-refractivity contribution is 6.06. The lowest BCUT2D eigenvalue weighted by Crippen LogP contribution is -2.49. The molecular formula is C21H22N4O4. The van der Waals surface area contributed by atoms with Crippen LogP contribution < -0.4 is 0 Å². The van der Waals surface area contributed by atoms with E-state index in [1.54, 1.807) is 21.8 Å². The minimum Gasteiger partial charge on any atom is -0.481 e. The maximum absolute atomic E-state index is 13.5. The Morgan fingerprint density at radius 3 is 2.79 bits per heavy atom. The highest BCUT2D eigenvalue weighted by Gasteiger charge is 2.31. The van der Waals surface area contributed by atoms with Crippen molar-refractivity contribution in [2.45, 2.75) is 25.9 Å². The standard InChI is InChI=1S/C21H22N4O4/c1-2-25-20-17(12-22-25)16(11-18(23-20)14-6-4-3-5-7-14)21(28)24-8-9-29-13-15(24)10-19(26)27/h3-7,11-12,15H,2,8-10,13H2,1H3,(H,26,27). The number of rotatable bonds is 5. The molecule has 3 heterocycles. The molecule has 1 amide bonds. The van der Waals surface area contributed by atoms with E-state index in [2.05, 4.69) is 5.10 Å². The number of aromatic nitrogens is 3. The predicted octanol–water partition coefficient (Wildman–Crippen LogP) is 2.43. The summed E-state index contributed by atoms with van der Waals surface area (Å²) in [4.78, 5) is 31.1. The van der Waals surface area contributed by atoms with Gasteiger partial charge >= 0.3 is 5.97 Å². The van der Waals surface area contributed by atoms with Crippen molar-refractivity contribution in [1.29, 1.82) is 0 Å². The number of nitrogens with zero attached hydrogens (tertiary/aromatic N) is 4. The first-order valence-electron chi connectivity index (χ1n) is 9.61. The number of carboxylic acids is 1. The summed E-state index contributed by atoms with van der Waals surface area (Å²) in [5.74, 6) is -1.18. The summed E-state index contributed by atoms with van der Waals surface area (Å²) < 4.78 is 7.17. The van der Waals surface area contributed by atoms with E-state index in [1.165, 1.54) is 0 Å². The smallest absolute Gasteiger partial charge is 0.305 e. The van der Waals surface area contributed by atoms with Crippen LogP contribution in [-0.2, 0) is 16.1 Å². The lowest BCUT2D eigenvalue weighted by atomic mass is 10.0. The number of hydrogen-bond acceptors (Lipinski definition) is 5. The molecule has 1 saturated heterocycles. The lowest BCUT2D eigenvalue weighted by molar-refractivity contribution is -0.139. The van der Waals surface area contributed by atoms with Crippen LogP contribution in [0.3, 0.4) is 0 Å². The van der Waals surface area contributed by atoms with Crippen molar-refractivity contribution in [2.24, 2.45) is 0 Å². The van der Waals surface area contributed by atoms with Crippen molar-refractivity contribution in [1.82, 2.24) is 19.7 Å². The predicted molar refractivity (Wildman–Crippen MR) is 107 cm³/mol. The van der Waals surface area contributed by atoms with E-state index in [0.717, 1.165) is 5.56 Å². The van der Waals surface area contributed by atoms with E-state index >= 15 is 0 Å². The van der Waals surface area contributed by atoms with Gasteiger partial charge in [-0.3, -0.25) is 9.59 Å². The Kier molecular flexibility index (Phi) is 5.26. The molecule has 2 aromatic heterocycles. The van der Waals surface area contributed by atoms with E-state index in [4.69, 9.17) is 9.72 Å². The Hall–Kier alpha value is -3.26. The lowest BCUT2D eigenvalue weighted by Gasteiger charge is -2.35. The molecule has 4 rings (SSSR count). The van der Waals surface area contributed by atoms with Gasteiger partial charge < -0.3 is 14.7 Å². The monoisotopic (exact) mass is 394 g/mol. The minimum absolute atomic E-state index is 0.153. The zero-order valence-electron chi connectivity index (χ0n) is 16.1. The third-order valence-corrected chi connectivity index (χ3v) is 5.11. The van der Waals surface area contributed by atoms with Crippen LogP contribution in [0, 0.1) is 0 Å². The van der Waals surface area contributed by atoms with E-state index in [1.807, 2.05) is 37.3 Å². The fourth-order valence-corrected chi connectivity index (χ4v) is 3.66. The Bertz CT molecular complexity index is 1050. The van der Waals surface area contributed by atoms with E-state index in [-0.39, 0.29) is 18.9 Å². The van der Waals surface area contributed by atoms with Crippen LogP contribution in [0.15, 0.2) is 42.6 Å². The molecule has 150 valence electrons. The van der Waals surface area contributed by atoms with Gasteiger partial charge in [0, 0.05) is 18.7 Å². The molecule has 1 N–H and O–H groups in total. The molecule has 0 spiro atoms. The van der Waals surface area contributed by atoms with Crippen molar-refractivity contribution in [3.63, 3.8) is 0 Å². The molecule has 0 bridgehead atoms. The van der Waals surface area contributed by atoms with Crippen LogP contribution in [0.5, 0.6) is 0 Å². The Morgan fingerprint density at radius 1 is 1.28 bits per heavy atom. The third-order valence-electron chi connectivity index (χ3n) is 5.11. The number of amides is 1. The van der Waals surface area contributed by atoms with Gasteiger partial charge in [-0.15, -0.1) is 0 Å². The van der Waals surface area contributed by atoms with Crippen LogP contribution in [0.2, 0.25) is 0 Å². The van der Waals surface area contributed by atoms with E-state index in [9.17, 15) is 14.7 Å². The molecule has 1 atom stereocenters. The second kappa shape index (κ2) is 8.00. The normalized spacial score (nSPS) is 16.9. The maximum Gasteiger partial charge on any atom is 0.305 e.